The molecule has 0 fully saturated rings. The minimum atomic E-state index is -0.459. The van der Waals surface area contributed by atoms with Gasteiger partial charge in [-0.25, -0.2) is 0 Å². The third-order valence-corrected chi connectivity index (χ3v) is 5.57. The van der Waals surface area contributed by atoms with Crippen LogP contribution in [0.3, 0.4) is 0 Å². The Bertz CT molecular complexity index is 1250. The van der Waals surface area contributed by atoms with Gasteiger partial charge in [0.15, 0.2) is 0 Å². The van der Waals surface area contributed by atoms with E-state index < -0.39 is 4.92 Å². The van der Waals surface area contributed by atoms with Crippen LogP contribution in [0.4, 0.5) is 11.4 Å². The van der Waals surface area contributed by atoms with Crippen LogP contribution in [0.25, 0.3) is 21.9 Å². The van der Waals surface area contributed by atoms with Crippen LogP contribution in [-0.4, -0.2) is 17.9 Å². The fourth-order valence-electron chi connectivity index (χ4n) is 3.39. The van der Waals surface area contributed by atoms with Gasteiger partial charge in [0.2, 0.25) is 0 Å². The van der Waals surface area contributed by atoms with E-state index in [2.05, 4.69) is 22.0 Å². The van der Waals surface area contributed by atoms with Crippen molar-refractivity contribution in [3.8, 4) is 11.1 Å². The van der Waals surface area contributed by atoms with E-state index >= 15 is 0 Å². The highest BCUT2D eigenvalue weighted by molar-refractivity contribution is 9.10. The average molecular weight is 461 g/mol. The number of hydrogen-bond donors (Lipinski definition) is 0. The maximum Gasteiger partial charge on any atom is 0.269 e. The molecule has 0 radical (unpaired) electrons. The van der Waals surface area contributed by atoms with Gasteiger partial charge in [0.05, 0.1) is 4.92 Å². The Morgan fingerprint density at radius 1 is 0.900 bits per heavy atom. The zero-order valence-electron chi connectivity index (χ0n) is 16.1. The summed E-state index contributed by atoms with van der Waals surface area (Å²) in [6.45, 7) is 0. The number of nitro benzene ring substituents is 1. The van der Waals surface area contributed by atoms with Crippen molar-refractivity contribution in [2.45, 2.75) is 0 Å². The number of halogens is 1. The molecule has 0 atom stereocenters. The second-order valence-corrected chi connectivity index (χ2v) is 7.80. The molecule has 1 amide bonds. The van der Waals surface area contributed by atoms with Crippen LogP contribution in [-0.2, 0) is 0 Å². The molecular weight excluding hydrogens is 444 g/mol. The first-order chi connectivity index (χ1) is 14.4. The van der Waals surface area contributed by atoms with Crippen LogP contribution in [0.1, 0.15) is 10.4 Å². The lowest BCUT2D eigenvalue weighted by molar-refractivity contribution is -0.384. The van der Waals surface area contributed by atoms with E-state index in [1.54, 1.807) is 25.2 Å². The van der Waals surface area contributed by atoms with Crippen LogP contribution in [0.2, 0.25) is 0 Å². The molecule has 0 heterocycles. The summed E-state index contributed by atoms with van der Waals surface area (Å²) in [5, 5.41) is 12.7. The number of rotatable bonds is 4. The second-order valence-electron chi connectivity index (χ2n) is 6.89. The van der Waals surface area contributed by atoms with Gasteiger partial charge in [-0.05, 0) is 58.3 Å². The summed E-state index contributed by atoms with van der Waals surface area (Å²) in [5.74, 6) is -0.175. The lowest BCUT2D eigenvalue weighted by Crippen LogP contribution is -2.26. The van der Waals surface area contributed by atoms with Crippen LogP contribution < -0.4 is 4.90 Å². The lowest BCUT2D eigenvalue weighted by atomic mass is 9.98. The number of nitrogens with zero attached hydrogens (tertiary/aromatic N) is 2. The van der Waals surface area contributed by atoms with Gasteiger partial charge in [-0.3, -0.25) is 14.9 Å². The molecule has 0 unspecified atom stereocenters. The number of anilines is 1. The SMILES string of the molecule is CN(C(=O)c1cccc2cc(-c3ccc(Br)cc3)ccc12)c1ccc([N+](=O)[O-])cc1. The van der Waals surface area contributed by atoms with Crippen molar-refractivity contribution in [2.75, 3.05) is 11.9 Å². The van der Waals surface area contributed by atoms with E-state index in [9.17, 15) is 14.9 Å². The number of nitro groups is 1. The highest BCUT2D eigenvalue weighted by atomic mass is 79.9. The summed E-state index contributed by atoms with van der Waals surface area (Å²) in [6, 6.07) is 25.7. The summed E-state index contributed by atoms with van der Waals surface area (Å²) in [7, 11) is 1.67. The van der Waals surface area contributed by atoms with Crippen molar-refractivity contribution < 1.29 is 9.72 Å². The molecule has 0 saturated heterocycles. The van der Waals surface area contributed by atoms with Gasteiger partial charge >= 0.3 is 0 Å². The maximum absolute atomic E-state index is 13.2. The van der Waals surface area contributed by atoms with Crippen molar-refractivity contribution in [3.63, 3.8) is 0 Å². The molecule has 0 bridgehead atoms. The third kappa shape index (κ3) is 3.82. The van der Waals surface area contributed by atoms with Crippen molar-refractivity contribution in [1.29, 1.82) is 0 Å². The van der Waals surface area contributed by atoms with E-state index in [4.69, 9.17) is 0 Å². The average Bonchev–Trinajstić information content (AvgIpc) is 2.78. The minimum Gasteiger partial charge on any atom is -0.311 e. The van der Waals surface area contributed by atoms with Crippen LogP contribution in [0.15, 0.2) is 89.4 Å². The lowest BCUT2D eigenvalue weighted by Gasteiger charge is -2.18. The van der Waals surface area contributed by atoms with Gasteiger partial charge in [0, 0.05) is 34.9 Å². The summed E-state index contributed by atoms with van der Waals surface area (Å²) >= 11 is 3.45. The van der Waals surface area contributed by atoms with E-state index in [0.29, 0.717) is 11.3 Å². The zero-order valence-corrected chi connectivity index (χ0v) is 17.7. The molecule has 5 nitrogen and oxygen atoms in total. The molecule has 30 heavy (non-hydrogen) atoms. The Labute approximate surface area is 181 Å². The van der Waals surface area contributed by atoms with Crippen LogP contribution in [0, 0.1) is 10.1 Å². The fourth-order valence-corrected chi connectivity index (χ4v) is 3.65. The highest BCUT2D eigenvalue weighted by Gasteiger charge is 2.17. The number of fused-ring (bicyclic) bond motifs is 1. The van der Waals surface area contributed by atoms with E-state index in [1.165, 1.54) is 17.0 Å². The molecule has 4 rings (SSSR count). The third-order valence-electron chi connectivity index (χ3n) is 5.04. The Morgan fingerprint density at radius 2 is 1.57 bits per heavy atom. The zero-order chi connectivity index (χ0) is 21.3. The van der Waals surface area contributed by atoms with Crippen molar-refractivity contribution in [1.82, 2.24) is 0 Å². The van der Waals surface area contributed by atoms with Gasteiger partial charge in [-0.15, -0.1) is 0 Å². The summed E-state index contributed by atoms with van der Waals surface area (Å²) in [4.78, 5) is 25.1. The predicted octanol–water partition coefficient (Wildman–Crippen LogP) is 6.45. The predicted molar refractivity (Wildman–Crippen MR) is 123 cm³/mol. The topological polar surface area (TPSA) is 63.5 Å². The number of non-ortho nitro benzene ring substituents is 1. The Balaban J connectivity index is 1.68. The minimum absolute atomic E-state index is 0.00905. The largest absolute Gasteiger partial charge is 0.311 e. The standard InChI is InChI=1S/C24H17BrN2O3/c1-26(20-10-12-21(13-11-20)27(29)30)24(28)23-4-2-3-18-15-17(7-14-22(18)23)16-5-8-19(25)9-6-16/h2-15H,1H3. The summed E-state index contributed by atoms with van der Waals surface area (Å²) in [5.41, 5.74) is 3.33. The number of carbonyl (C=O) groups is 1. The van der Waals surface area contributed by atoms with Crippen molar-refractivity contribution >= 4 is 44.0 Å². The van der Waals surface area contributed by atoms with E-state index in [0.717, 1.165) is 26.4 Å². The molecule has 148 valence electrons. The molecule has 4 aromatic carbocycles. The van der Waals surface area contributed by atoms with Gasteiger partial charge in [-0.2, -0.15) is 0 Å². The van der Waals surface area contributed by atoms with E-state index in [1.807, 2.05) is 48.5 Å². The Hall–Kier alpha value is -3.51. The molecule has 0 aromatic heterocycles. The van der Waals surface area contributed by atoms with E-state index in [-0.39, 0.29) is 11.6 Å². The highest BCUT2D eigenvalue weighted by Crippen LogP contribution is 2.29. The summed E-state index contributed by atoms with van der Waals surface area (Å²) < 4.78 is 1.02. The molecule has 4 aromatic rings. The molecule has 0 saturated carbocycles. The molecule has 0 aliphatic carbocycles. The molecule has 0 aliphatic heterocycles. The quantitative estimate of drug-likeness (QED) is 0.259. The number of benzene rings is 4. The van der Waals surface area contributed by atoms with Crippen molar-refractivity contribution in [3.05, 3.63) is 105 Å². The molecule has 0 spiro atoms. The number of hydrogen-bond acceptors (Lipinski definition) is 3. The number of amides is 1. The summed E-state index contributed by atoms with van der Waals surface area (Å²) in [6.07, 6.45) is 0. The van der Waals surface area contributed by atoms with Gasteiger partial charge < -0.3 is 4.90 Å². The second kappa shape index (κ2) is 8.08. The smallest absolute Gasteiger partial charge is 0.269 e. The maximum atomic E-state index is 13.2. The fraction of sp³-hybridized carbons (Fsp3) is 0.0417. The van der Waals surface area contributed by atoms with Crippen LogP contribution >= 0.6 is 15.9 Å². The monoisotopic (exact) mass is 460 g/mol. The molecule has 0 aliphatic rings. The van der Waals surface area contributed by atoms with Crippen molar-refractivity contribution in [2.24, 2.45) is 0 Å². The van der Waals surface area contributed by atoms with Gasteiger partial charge in [0.1, 0.15) is 0 Å². The van der Waals surface area contributed by atoms with Gasteiger partial charge in [0.25, 0.3) is 11.6 Å². The molecule has 6 heteroatoms. The Kier molecular flexibility index (Phi) is 5.33. The molecular formula is C24H17BrN2O3. The first-order valence-electron chi connectivity index (χ1n) is 9.25. The van der Waals surface area contributed by atoms with Gasteiger partial charge in [-0.1, -0.05) is 52.3 Å². The first kappa shape index (κ1) is 19.8. The first-order valence-corrected chi connectivity index (χ1v) is 10.0. The normalized spacial score (nSPS) is 10.7. The van der Waals surface area contributed by atoms with Crippen LogP contribution in [0.5, 0.6) is 0 Å². The Morgan fingerprint density at radius 3 is 2.23 bits per heavy atom. The number of carbonyl (C=O) groups excluding carboxylic acids is 1. The molecule has 0 N–H and O–H groups in total.